The minimum Gasteiger partial charge on any atom is -0.377 e. The van der Waals surface area contributed by atoms with Gasteiger partial charge in [0.25, 0.3) is 0 Å². The highest BCUT2D eigenvalue weighted by Gasteiger charge is 2.42. The zero-order valence-corrected chi connectivity index (χ0v) is 9.63. The summed E-state index contributed by atoms with van der Waals surface area (Å²) < 4.78 is 38.2. The molecule has 16 heavy (non-hydrogen) atoms. The monoisotopic (exact) mass is 236 g/mol. The molecule has 0 radical (unpaired) electrons. The number of aromatic nitrogens is 2. The SMILES string of the molecule is Cn1cc(C(C)(C)C)nc1C(O)C(F)(F)F. The van der Waals surface area contributed by atoms with E-state index in [-0.39, 0.29) is 11.2 Å². The molecule has 0 aromatic carbocycles. The van der Waals surface area contributed by atoms with Crippen molar-refractivity contribution in [1.82, 2.24) is 9.55 Å². The van der Waals surface area contributed by atoms with Crippen LogP contribution in [0.15, 0.2) is 6.20 Å². The predicted octanol–water partition coefficient (Wildman–Crippen LogP) is 2.31. The lowest BCUT2D eigenvalue weighted by molar-refractivity contribution is -0.209. The van der Waals surface area contributed by atoms with Gasteiger partial charge in [-0.15, -0.1) is 0 Å². The minimum atomic E-state index is -4.69. The second kappa shape index (κ2) is 3.76. The maximum atomic E-state index is 12.3. The predicted molar refractivity (Wildman–Crippen MR) is 52.9 cm³/mol. The molecular weight excluding hydrogens is 221 g/mol. The summed E-state index contributed by atoms with van der Waals surface area (Å²) in [5.41, 5.74) is 0.176. The first-order valence-corrected chi connectivity index (χ1v) is 4.82. The first-order valence-electron chi connectivity index (χ1n) is 4.82. The molecule has 0 amide bonds. The number of hydrogen-bond acceptors (Lipinski definition) is 2. The summed E-state index contributed by atoms with van der Waals surface area (Å²) in [6.45, 7) is 5.54. The van der Waals surface area contributed by atoms with Crippen molar-refractivity contribution in [3.05, 3.63) is 17.7 Å². The number of hydrogen-bond donors (Lipinski definition) is 1. The van der Waals surface area contributed by atoms with Gasteiger partial charge in [0.15, 0.2) is 0 Å². The molecule has 0 spiro atoms. The van der Waals surface area contributed by atoms with Crippen molar-refractivity contribution in [2.75, 3.05) is 0 Å². The van der Waals surface area contributed by atoms with Crippen molar-refractivity contribution in [1.29, 1.82) is 0 Å². The fraction of sp³-hybridized carbons (Fsp3) is 0.700. The lowest BCUT2D eigenvalue weighted by Gasteiger charge is -2.15. The summed E-state index contributed by atoms with van der Waals surface area (Å²) in [6.07, 6.45) is -5.72. The summed E-state index contributed by atoms with van der Waals surface area (Å²) in [6, 6.07) is 0. The Balaban J connectivity index is 3.13. The zero-order chi connectivity index (χ0) is 12.7. The lowest BCUT2D eigenvalue weighted by atomic mass is 9.93. The number of imidazole rings is 1. The van der Waals surface area contributed by atoms with Crippen LogP contribution >= 0.6 is 0 Å². The topological polar surface area (TPSA) is 38.0 Å². The van der Waals surface area contributed by atoms with Crippen molar-refractivity contribution < 1.29 is 18.3 Å². The van der Waals surface area contributed by atoms with Crippen molar-refractivity contribution in [3.8, 4) is 0 Å². The largest absolute Gasteiger partial charge is 0.421 e. The first kappa shape index (κ1) is 13.0. The molecule has 6 heteroatoms. The van der Waals surface area contributed by atoms with E-state index in [1.54, 1.807) is 0 Å². The van der Waals surface area contributed by atoms with Gasteiger partial charge in [-0.2, -0.15) is 13.2 Å². The maximum absolute atomic E-state index is 12.3. The van der Waals surface area contributed by atoms with Gasteiger partial charge in [-0.05, 0) is 0 Å². The number of aryl methyl sites for hydroxylation is 1. The smallest absolute Gasteiger partial charge is 0.377 e. The first-order chi connectivity index (χ1) is 7.03. The van der Waals surface area contributed by atoms with Gasteiger partial charge in [0, 0.05) is 18.7 Å². The summed E-state index contributed by atoms with van der Waals surface area (Å²) in [5, 5.41) is 9.11. The Morgan fingerprint density at radius 3 is 2.12 bits per heavy atom. The average molecular weight is 236 g/mol. The van der Waals surface area contributed by atoms with E-state index in [1.807, 2.05) is 20.8 Å². The number of halogens is 3. The Bertz CT molecular complexity index is 376. The van der Waals surface area contributed by atoms with E-state index < -0.39 is 12.3 Å². The highest BCUT2D eigenvalue weighted by atomic mass is 19.4. The standard InChI is InChI=1S/C10H15F3N2O/c1-9(2,3)6-5-15(4)8(14-6)7(16)10(11,12)13/h5,7,16H,1-4H3. The molecule has 0 bridgehead atoms. The lowest BCUT2D eigenvalue weighted by Crippen LogP contribution is -2.23. The summed E-state index contributed by atoms with van der Waals surface area (Å²) in [7, 11) is 1.44. The van der Waals surface area contributed by atoms with Crippen LogP contribution in [0.25, 0.3) is 0 Å². The Labute approximate surface area is 91.9 Å². The number of aliphatic hydroxyl groups is 1. The van der Waals surface area contributed by atoms with Gasteiger partial charge >= 0.3 is 6.18 Å². The number of rotatable bonds is 1. The van der Waals surface area contributed by atoms with E-state index in [2.05, 4.69) is 4.98 Å². The Hall–Kier alpha value is -1.04. The van der Waals surface area contributed by atoms with E-state index in [0.717, 1.165) is 0 Å². The van der Waals surface area contributed by atoms with Crippen LogP contribution in [0.3, 0.4) is 0 Å². The molecule has 0 saturated carbocycles. The molecule has 3 nitrogen and oxygen atoms in total. The molecule has 0 aliphatic heterocycles. The normalized spacial score (nSPS) is 15.2. The molecule has 92 valence electrons. The van der Waals surface area contributed by atoms with Gasteiger partial charge in [0.05, 0.1) is 5.69 Å². The number of nitrogens with zero attached hydrogens (tertiary/aromatic N) is 2. The second-order valence-electron chi connectivity index (χ2n) is 4.79. The van der Waals surface area contributed by atoms with Gasteiger partial charge in [-0.1, -0.05) is 20.8 Å². The van der Waals surface area contributed by atoms with Crippen LogP contribution in [0.4, 0.5) is 13.2 Å². The molecule has 1 atom stereocenters. The average Bonchev–Trinajstić information content (AvgIpc) is 2.43. The van der Waals surface area contributed by atoms with E-state index in [1.165, 1.54) is 17.8 Å². The van der Waals surface area contributed by atoms with Crippen LogP contribution in [0.1, 0.15) is 38.4 Å². The van der Waals surface area contributed by atoms with Crippen molar-refractivity contribution in [2.24, 2.45) is 7.05 Å². The Morgan fingerprint density at radius 1 is 1.31 bits per heavy atom. The van der Waals surface area contributed by atoms with Gasteiger partial charge in [0.1, 0.15) is 5.82 Å². The van der Waals surface area contributed by atoms with Gasteiger partial charge in [0.2, 0.25) is 6.10 Å². The molecule has 1 rings (SSSR count). The van der Waals surface area contributed by atoms with Crippen molar-refractivity contribution in [3.63, 3.8) is 0 Å². The third-order valence-corrected chi connectivity index (χ3v) is 2.24. The van der Waals surface area contributed by atoms with Crippen LogP contribution in [-0.4, -0.2) is 20.8 Å². The van der Waals surface area contributed by atoms with Gasteiger partial charge < -0.3 is 9.67 Å². The quantitative estimate of drug-likeness (QED) is 0.812. The van der Waals surface area contributed by atoms with Crippen molar-refractivity contribution in [2.45, 2.75) is 38.5 Å². The molecule has 0 saturated heterocycles. The maximum Gasteiger partial charge on any atom is 0.421 e. The molecule has 1 N–H and O–H groups in total. The third-order valence-electron chi connectivity index (χ3n) is 2.24. The fourth-order valence-corrected chi connectivity index (χ4v) is 1.24. The van der Waals surface area contributed by atoms with Crippen LogP contribution in [0, 0.1) is 0 Å². The second-order valence-corrected chi connectivity index (χ2v) is 4.79. The molecule has 0 aliphatic carbocycles. The Morgan fingerprint density at radius 2 is 1.81 bits per heavy atom. The van der Waals surface area contributed by atoms with Crippen molar-refractivity contribution >= 4 is 0 Å². The molecule has 1 heterocycles. The van der Waals surface area contributed by atoms with E-state index >= 15 is 0 Å². The van der Waals surface area contributed by atoms with Crippen LogP contribution in [-0.2, 0) is 12.5 Å². The van der Waals surface area contributed by atoms with Crippen LogP contribution in [0.5, 0.6) is 0 Å². The highest BCUT2D eigenvalue weighted by Crippen LogP contribution is 2.33. The Kier molecular flexibility index (Phi) is 3.06. The zero-order valence-electron chi connectivity index (χ0n) is 9.63. The van der Waals surface area contributed by atoms with Crippen LogP contribution in [0.2, 0.25) is 0 Å². The minimum absolute atomic E-state index is 0.346. The molecule has 1 unspecified atom stereocenters. The van der Waals surface area contributed by atoms with E-state index in [0.29, 0.717) is 5.69 Å². The molecule has 1 aromatic rings. The molecule has 0 aliphatic rings. The van der Waals surface area contributed by atoms with E-state index in [9.17, 15) is 13.2 Å². The van der Waals surface area contributed by atoms with Crippen LogP contribution < -0.4 is 0 Å². The highest BCUT2D eigenvalue weighted by molar-refractivity contribution is 5.14. The molecule has 0 fully saturated rings. The molecular formula is C10H15F3N2O. The summed E-state index contributed by atoms with van der Waals surface area (Å²) in [5.74, 6) is -0.377. The number of aliphatic hydroxyl groups excluding tert-OH is 1. The number of alkyl halides is 3. The summed E-state index contributed by atoms with van der Waals surface area (Å²) >= 11 is 0. The van der Waals surface area contributed by atoms with E-state index in [4.69, 9.17) is 5.11 Å². The third kappa shape index (κ3) is 2.55. The molecule has 1 aromatic heterocycles. The van der Waals surface area contributed by atoms with Gasteiger partial charge in [-0.25, -0.2) is 4.98 Å². The fourth-order valence-electron chi connectivity index (χ4n) is 1.24. The summed E-state index contributed by atoms with van der Waals surface area (Å²) in [4.78, 5) is 3.84. The van der Waals surface area contributed by atoms with Gasteiger partial charge in [-0.3, -0.25) is 0 Å².